The van der Waals surface area contributed by atoms with E-state index in [0.717, 1.165) is 16.7 Å². The van der Waals surface area contributed by atoms with Gasteiger partial charge in [0.15, 0.2) is 0 Å². The van der Waals surface area contributed by atoms with Gasteiger partial charge >= 0.3 is 12.2 Å². The van der Waals surface area contributed by atoms with Crippen LogP contribution >= 0.6 is 0 Å². The second-order valence-electron chi connectivity index (χ2n) is 9.70. The maximum absolute atomic E-state index is 11.9. The summed E-state index contributed by atoms with van der Waals surface area (Å²) in [7, 11) is 0. The molecule has 2 rings (SSSR count). The average molecular weight is 499 g/mol. The van der Waals surface area contributed by atoms with Crippen LogP contribution in [-0.4, -0.2) is 63.1 Å². The molecule has 0 aromatic heterocycles. The summed E-state index contributed by atoms with van der Waals surface area (Å²) in [6.45, 7) is 12.3. The molecule has 2 N–H and O–H groups in total. The molecule has 8 heteroatoms. The third kappa shape index (κ3) is 13.3. The maximum Gasteiger partial charge on any atom is 0.411 e. The Morgan fingerprint density at radius 1 is 0.917 bits per heavy atom. The number of carbonyl (C=O) groups is 2. The van der Waals surface area contributed by atoms with Crippen LogP contribution in [0.5, 0.6) is 0 Å². The van der Waals surface area contributed by atoms with Crippen LogP contribution in [0.2, 0.25) is 0 Å². The summed E-state index contributed by atoms with van der Waals surface area (Å²) < 4.78 is 10.4. The smallest absolute Gasteiger partial charge is 0.411 e. The molecule has 1 aromatic carbocycles. The summed E-state index contributed by atoms with van der Waals surface area (Å²) in [5, 5.41) is 16.7. The van der Waals surface area contributed by atoms with Gasteiger partial charge in [0.1, 0.15) is 17.8 Å². The van der Waals surface area contributed by atoms with Gasteiger partial charge in [-0.2, -0.15) is 0 Å². The Kier molecular flexibility index (Phi) is 13.8. The quantitative estimate of drug-likeness (QED) is 0.619. The Morgan fingerprint density at radius 3 is 1.83 bits per heavy atom. The van der Waals surface area contributed by atoms with Gasteiger partial charge in [0.2, 0.25) is 0 Å². The van der Waals surface area contributed by atoms with Crippen molar-refractivity contribution in [1.82, 2.24) is 9.80 Å². The highest BCUT2D eigenvalue weighted by Crippen LogP contribution is 2.25. The Hall–Kier alpha value is -3.64. The van der Waals surface area contributed by atoms with E-state index in [1.54, 1.807) is 25.7 Å². The summed E-state index contributed by atoms with van der Waals surface area (Å²) in [6.07, 6.45) is 13.9. The molecule has 0 fully saturated rings. The van der Waals surface area contributed by atoms with E-state index in [1.807, 2.05) is 44.9 Å². The first-order valence-corrected chi connectivity index (χ1v) is 11.3. The standard InChI is InChI=1S/C14H19NO3.C11H15NO2.C3H4O/c1-14(2,3)18-13(17)15-7-11-5-4-10(9-16)6-12(11)8-15;1-6-8-12(9-7-2)10(13)14-11(3,4)5;1-2-3-4/h4-6,16H,7-9H2,1-3H3;1-2H,8-9H2,3-5H3;1,4H,3H2. The van der Waals surface area contributed by atoms with E-state index in [4.69, 9.17) is 32.5 Å². The molecule has 8 nitrogen and oxygen atoms in total. The Balaban J connectivity index is 0.000000609. The molecule has 2 amide bonds. The second kappa shape index (κ2) is 15.4. The predicted octanol–water partition coefficient (Wildman–Crippen LogP) is 3.53. The summed E-state index contributed by atoms with van der Waals surface area (Å²) in [5.41, 5.74) is 2.09. The van der Waals surface area contributed by atoms with E-state index >= 15 is 0 Å². The highest BCUT2D eigenvalue weighted by molar-refractivity contribution is 5.69. The zero-order chi connectivity index (χ0) is 27.9. The number of carbonyl (C=O) groups excluding carboxylic acids is 2. The largest absolute Gasteiger partial charge is 0.444 e. The number of terminal acetylenes is 3. The normalized spacial score (nSPS) is 11.6. The minimum absolute atomic E-state index is 0.0275. The molecule has 36 heavy (non-hydrogen) atoms. The summed E-state index contributed by atoms with van der Waals surface area (Å²) in [5.74, 6) is 6.68. The zero-order valence-corrected chi connectivity index (χ0v) is 22.1. The summed E-state index contributed by atoms with van der Waals surface area (Å²) in [4.78, 5) is 26.4. The molecule has 0 saturated carbocycles. The van der Waals surface area contributed by atoms with Gasteiger partial charge in [0.05, 0.1) is 19.7 Å². The third-order valence-electron chi connectivity index (χ3n) is 4.13. The van der Waals surface area contributed by atoms with Gasteiger partial charge in [0, 0.05) is 13.1 Å². The minimum Gasteiger partial charge on any atom is -0.444 e. The summed E-state index contributed by atoms with van der Waals surface area (Å²) >= 11 is 0. The lowest BCUT2D eigenvalue weighted by molar-refractivity contribution is 0.0240. The van der Waals surface area contributed by atoms with E-state index in [2.05, 4.69) is 18.3 Å². The summed E-state index contributed by atoms with van der Waals surface area (Å²) in [6, 6.07) is 5.79. The second-order valence-corrected chi connectivity index (χ2v) is 9.70. The van der Waals surface area contributed by atoms with Crippen LogP contribution in [0.1, 0.15) is 58.2 Å². The molecule has 0 unspecified atom stereocenters. The number of amides is 2. The first-order chi connectivity index (χ1) is 16.7. The van der Waals surface area contributed by atoms with Crippen molar-refractivity contribution in [3.63, 3.8) is 0 Å². The van der Waals surface area contributed by atoms with Crippen molar-refractivity contribution in [1.29, 1.82) is 0 Å². The van der Waals surface area contributed by atoms with Crippen molar-refractivity contribution in [2.45, 2.75) is 72.4 Å². The number of rotatable bonds is 3. The number of aliphatic hydroxyl groups excluding tert-OH is 2. The fourth-order valence-corrected chi connectivity index (χ4v) is 2.73. The van der Waals surface area contributed by atoms with Crippen LogP contribution < -0.4 is 0 Å². The zero-order valence-electron chi connectivity index (χ0n) is 22.1. The Labute approximate surface area is 215 Å². The molecule has 0 radical (unpaired) electrons. The number of fused-ring (bicyclic) bond motifs is 1. The van der Waals surface area contributed by atoms with Crippen molar-refractivity contribution in [2.24, 2.45) is 0 Å². The van der Waals surface area contributed by atoms with Crippen LogP contribution in [-0.2, 0) is 29.2 Å². The number of ether oxygens (including phenoxy) is 2. The van der Waals surface area contributed by atoms with Crippen molar-refractivity contribution >= 4 is 12.2 Å². The Bertz CT molecular complexity index is 968. The molecule has 0 aliphatic carbocycles. The molecular formula is C28H38N2O6. The van der Waals surface area contributed by atoms with Crippen LogP contribution in [0.4, 0.5) is 9.59 Å². The fraction of sp³-hybridized carbons (Fsp3) is 0.500. The monoisotopic (exact) mass is 498 g/mol. The van der Waals surface area contributed by atoms with E-state index in [9.17, 15) is 9.59 Å². The van der Waals surface area contributed by atoms with Crippen molar-refractivity contribution < 1.29 is 29.3 Å². The number of hydrogen-bond acceptors (Lipinski definition) is 6. The maximum atomic E-state index is 11.9. The average Bonchev–Trinajstić information content (AvgIpc) is 3.21. The van der Waals surface area contributed by atoms with Gasteiger partial charge in [-0.15, -0.1) is 19.3 Å². The van der Waals surface area contributed by atoms with E-state index in [0.29, 0.717) is 13.1 Å². The SMILES string of the molecule is C#CCN(CC#C)C(=O)OC(C)(C)C.C#CCO.CC(C)(C)OC(=O)N1Cc2ccc(CO)cc2C1. The number of hydrogen-bond donors (Lipinski definition) is 2. The highest BCUT2D eigenvalue weighted by Gasteiger charge is 2.27. The molecule has 1 aromatic rings. The van der Waals surface area contributed by atoms with Gasteiger partial charge in [-0.05, 0) is 58.2 Å². The molecular weight excluding hydrogens is 460 g/mol. The first kappa shape index (κ1) is 32.4. The molecule has 0 spiro atoms. The lowest BCUT2D eigenvalue weighted by Crippen LogP contribution is -2.37. The minimum atomic E-state index is -0.529. The van der Waals surface area contributed by atoms with Gasteiger partial charge < -0.3 is 19.7 Å². The lowest BCUT2D eigenvalue weighted by atomic mass is 10.1. The van der Waals surface area contributed by atoms with Crippen LogP contribution in [0, 0.1) is 37.0 Å². The molecule has 1 aliphatic rings. The van der Waals surface area contributed by atoms with Crippen LogP contribution in [0.25, 0.3) is 0 Å². The molecule has 0 saturated heterocycles. The molecule has 196 valence electrons. The first-order valence-electron chi connectivity index (χ1n) is 11.3. The van der Waals surface area contributed by atoms with Crippen molar-refractivity contribution in [3.05, 3.63) is 34.9 Å². The third-order valence-corrected chi connectivity index (χ3v) is 4.13. The molecule has 1 aliphatic heterocycles. The lowest BCUT2D eigenvalue weighted by Gasteiger charge is -2.24. The predicted molar refractivity (Wildman–Crippen MR) is 139 cm³/mol. The molecule has 1 heterocycles. The van der Waals surface area contributed by atoms with E-state index in [-0.39, 0.29) is 32.4 Å². The highest BCUT2D eigenvalue weighted by atomic mass is 16.6. The fourth-order valence-electron chi connectivity index (χ4n) is 2.73. The van der Waals surface area contributed by atoms with Crippen LogP contribution in [0.3, 0.4) is 0 Å². The van der Waals surface area contributed by atoms with E-state index in [1.165, 1.54) is 4.90 Å². The van der Waals surface area contributed by atoms with Gasteiger partial charge in [0.25, 0.3) is 0 Å². The number of nitrogens with zero attached hydrogens (tertiary/aromatic N) is 2. The van der Waals surface area contributed by atoms with Crippen LogP contribution in [0.15, 0.2) is 18.2 Å². The molecule has 0 bridgehead atoms. The van der Waals surface area contributed by atoms with Gasteiger partial charge in [-0.1, -0.05) is 36.0 Å². The van der Waals surface area contributed by atoms with Crippen molar-refractivity contribution in [3.8, 4) is 37.0 Å². The van der Waals surface area contributed by atoms with Gasteiger partial charge in [-0.3, -0.25) is 9.80 Å². The number of aliphatic hydroxyl groups is 2. The Morgan fingerprint density at radius 2 is 1.42 bits per heavy atom. The topological polar surface area (TPSA) is 99.5 Å². The van der Waals surface area contributed by atoms with Crippen molar-refractivity contribution in [2.75, 3.05) is 19.7 Å². The molecule has 0 atom stereocenters. The van der Waals surface area contributed by atoms with Gasteiger partial charge in [-0.25, -0.2) is 9.59 Å². The van der Waals surface area contributed by atoms with E-state index < -0.39 is 17.3 Å². The number of benzene rings is 1.